The van der Waals surface area contributed by atoms with Crippen LogP contribution in [-0.2, 0) is 9.53 Å². The first-order chi connectivity index (χ1) is 15.4. The van der Waals surface area contributed by atoms with Crippen molar-refractivity contribution < 1.29 is 23.8 Å². The fourth-order valence-electron chi connectivity index (χ4n) is 2.90. The van der Waals surface area contributed by atoms with Crippen molar-refractivity contribution in [2.75, 3.05) is 25.1 Å². The quantitative estimate of drug-likeness (QED) is 0.422. The molecule has 1 amide bonds. The number of aryl methyl sites for hydroxylation is 1. The van der Waals surface area contributed by atoms with Gasteiger partial charge in [0.2, 0.25) is 0 Å². The number of aromatic amines is 1. The number of H-pyrrole nitrogens is 1. The topological polar surface area (TPSA) is 115 Å². The number of carbonyl (C=O) groups excluding carboxylic acids is 2. The molecule has 1 heterocycles. The Balaban J connectivity index is 1.82. The summed E-state index contributed by atoms with van der Waals surface area (Å²) in [4.78, 5) is 24.5. The predicted octanol–water partition coefficient (Wildman–Crippen LogP) is 4.14. The second-order valence-corrected chi connectivity index (χ2v) is 7.46. The molecule has 0 bridgehead atoms. The maximum atomic E-state index is 12.4. The molecule has 2 aromatic carbocycles. The molecule has 0 aliphatic carbocycles. The van der Waals surface area contributed by atoms with Crippen molar-refractivity contribution in [3.8, 4) is 22.8 Å². The van der Waals surface area contributed by atoms with E-state index in [2.05, 4.69) is 36.7 Å². The molecule has 3 aromatic rings. The van der Waals surface area contributed by atoms with Gasteiger partial charge < -0.3 is 19.5 Å². The molecule has 1 aromatic heterocycles. The number of nitrogens with zero attached hydrogens (tertiary/aromatic N) is 2. The van der Waals surface area contributed by atoms with Crippen LogP contribution >= 0.6 is 15.9 Å². The molecule has 0 radical (unpaired) electrons. The van der Waals surface area contributed by atoms with E-state index in [-0.39, 0.29) is 24.8 Å². The summed E-state index contributed by atoms with van der Waals surface area (Å²) in [5.41, 5.74) is 2.59. The number of rotatable bonds is 9. The molecular formula is C22H23BrN4O5. The second kappa shape index (κ2) is 10.8. The highest BCUT2D eigenvalue weighted by molar-refractivity contribution is 9.10. The first-order valence-electron chi connectivity index (χ1n) is 9.97. The van der Waals surface area contributed by atoms with Gasteiger partial charge in [0.1, 0.15) is 5.69 Å². The van der Waals surface area contributed by atoms with E-state index >= 15 is 0 Å². The van der Waals surface area contributed by atoms with E-state index in [0.29, 0.717) is 33.8 Å². The Morgan fingerprint density at radius 3 is 2.53 bits per heavy atom. The Bertz CT molecular complexity index is 1120. The summed E-state index contributed by atoms with van der Waals surface area (Å²) in [6.07, 6.45) is 0. The maximum Gasteiger partial charge on any atom is 0.361 e. The molecule has 0 spiro atoms. The SMILES string of the molecule is CCOC(=O)c1n[nH]nc1-c1cc(OCC)c(OCC(=O)Nc2ccccc2C)cc1Br. The fourth-order valence-corrected chi connectivity index (χ4v) is 3.41. The zero-order valence-corrected chi connectivity index (χ0v) is 19.5. The van der Waals surface area contributed by atoms with Gasteiger partial charge in [-0.2, -0.15) is 10.3 Å². The van der Waals surface area contributed by atoms with Crippen LogP contribution in [0.2, 0.25) is 0 Å². The summed E-state index contributed by atoms with van der Waals surface area (Å²) in [6, 6.07) is 10.8. The Labute approximate surface area is 193 Å². The summed E-state index contributed by atoms with van der Waals surface area (Å²) in [7, 11) is 0. The highest BCUT2D eigenvalue weighted by Crippen LogP contribution is 2.39. The normalized spacial score (nSPS) is 10.5. The van der Waals surface area contributed by atoms with E-state index in [1.165, 1.54) is 0 Å². The third-order valence-electron chi connectivity index (χ3n) is 4.38. The van der Waals surface area contributed by atoms with Gasteiger partial charge >= 0.3 is 5.97 Å². The maximum absolute atomic E-state index is 12.4. The molecule has 168 valence electrons. The minimum absolute atomic E-state index is 0.0567. The van der Waals surface area contributed by atoms with Crippen LogP contribution in [0.15, 0.2) is 40.9 Å². The number of para-hydroxylation sites is 1. The van der Waals surface area contributed by atoms with E-state index in [9.17, 15) is 9.59 Å². The average molecular weight is 503 g/mol. The average Bonchev–Trinajstić information content (AvgIpc) is 3.25. The lowest BCUT2D eigenvalue weighted by Gasteiger charge is -2.15. The van der Waals surface area contributed by atoms with Gasteiger partial charge in [-0.25, -0.2) is 4.79 Å². The molecule has 0 saturated carbocycles. The van der Waals surface area contributed by atoms with E-state index in [0.717, 1.165) is 11.3 Å². The van der Waals surface area contributed by atoms with E-state index in [1.807, 2.05) is 38.1 Å². The van der Waals surface area contributed by atoms with E-state index < -0.39 is 5.97 Å². The molecule has 32 heavy (non-hydrogen) atoms. The fraction of sp³-hybridized carbons (Fsp3) is 0.273. The number of esters is 1. The molecule has 2 N–H and O–H groups in total. The molecule has 0 aliphatic heterocycles. The second-order valence-electron chi connectivity index (χ2n) is 6.60. The largest absolute Gasteiger partial charge is 0.490 e. The Hall–Kier alpha value is -3.40. The van der Waals surface area contributed by atoms with Crippen molar-refractivity contribution in [1.29, 1.82) is 0 Å². The van der Waals surface area contributed by atoms with Crippen LogP contribution in [0.4, 0.5) is 5.69 Å². The molecule has 0 aliphatic rings. The van der Waals surface area contributed by atoms with Gasteiger partial charge in [-0.05, 0) is 60.5 Å². The molecule has 0 saturated heterocycles. The van der Waals surface area contributed by atoms with Crippen molar-refractivity contribution in [3.63, 3.8) is 0 Å². The first kappa shape index (κ1) is 23.3. The highest BCUT2D eigenvalue weighted by Gasteiger charge is 2.23. The van der Waals surface area contributed by atoms with Crippen molar-refractivity contribution >= 4 is 33.5 Å². The van der Waals surface area contributed by atoms with Crippen LogP contribution in [0.25, 0.3) is 11.3 Å². The van der Waals surface area contributed by atoms with Gasteiger partial charge in [-0.1, -0.05) is 18.2 Å². The number of amides is 1. The van der Waals surface area contributed by atoms with Crippen LogP contribution in [0.5, 0.6) is 11.5 Å². The summed E-state index contributed by atoms with van der Waals surface area (Å²) in [5, 5.41) is 13.3. The van der Waals surface area contributed by atoms with Crippen LogP contribution in [0.1, 0.15) is 29.9 Å². The number of ether oxygens (including phenoxy) is 3. The minimum Gasteiger partial charge on any atom is -0.490 e. The van der Waals surface area contributed by atoms with E-state index in [4.69, 9.17) is 14.2 Å². The van der Waals surface area contributed by atoms with Crippen molar-refractivity contribution in [2.45, 2.75) is 20.8 Å². The summed E-state index contributed by atoms with van der Waals surface area (Å²) in [5.74, 6) is -0.131. The third kappa shape index (κ3) is 5.44. The number of aromatic nitrogens is 3. The van der Waals surface area contributed by atoms with Crippen LogP contribution in [0, 0.1) is 6.92 Å². The highest BCUT2D eigenvalue weighted by atomic mass is 79.9. The molecule has 0 unspecified atom stereocenters. The van der Waals surface area contributed by atoms with Crippen molar-refractivity contribution in [1.82, 2.24) is 15.4 Å². The predicted molar refractivity (Wildman–Crippen MR) is 122 cm³/mol. The molecule has 0 fully saturated rings. The van der Waals surface area contributed by atoms with Crippen LogP contribution < -0.4 is 14.8 Å². The summed E-state index contributed by atoms with van der Waals surface area (Å²) >= 11 is 3.48. The Morgan fingerprint density at radius 1 is 1.06 bits per heavy atom. The zero-order valence-electron chi connectivity index (χ0n) is 17.9. The van der Waals surface area contributed by atoms with Gasteiger partial charge in [-0.15, -0.1) is 5.10 Å². The summed E-state index contributed by atoms with van der Waals surface area (Å²) < 4.78 is 17.0. The smallest absolute Gasteiger partial charge is 0.361 e. The van der Waals surface area contributed by atoms with Gasteiger partial charge in [0.05, 0.1) is 13.2 Å². The standard InChI is InChI=1S/C22H23BrN4O5/c1-4-30-17-10-14(20-21(26-27-25-20)22(29)31-5-2)15(23)11-18(17)32-12-19(28)24-16-9-7-6-8-13(16)3/h6-11H,4-5,12H2,1-3H3,(H,24,28)(H,25,26,27). The number of hydrogen-bond acceptors (Lipinski definition) is 7. The number of anilines is 1. The lowest BCUT2D eigenvalue weighted by atomic mass is 10.1. The van der Waals surface area contributed by atoms with Gasteiger partial charge in [0, 0.05) is 15.7 Å². The molecule has 3 rings (SSSR count). The summed E-state index contributed by atoms with van der Waals surface area (Å²) in [6.45, 7) is 5.83. The minimum atomic E-state index is -0.589. The van der Waals surface area contributed by atoms with Gasteiger partial charge in [-0.3, -0.25) is 4.79 Å². The Kier molecular flexibility index (Phi) is 7.82. The number of halogens is 1. The van der Waals surface area contributed by atoms with Crippen LogP contribution in [0.3, 0.4) is 0 Å². The number of benzene rings is 2. The first-order valence-corrected chi connectivity index (χ1v) is 10.8. The number of carbonyl (C=O) groups is 2. The number of nitrogens with one attached hydrogen (secondary N) is 2. The van der Waals surface area contributed by atoms with Gasteiger partial charge in [0.25, 0.3) is 5.91 Å². The molecule has 10 heteroatoms. The van der Waals surface area contributed by atoms with Gasteiger partial charge in [0.15, 0.2) is 23.8 Å². The molecular weight excluding hydrogens is 480 g/mol. The third-order valence-corrected chi connectivity index (χ3v) is 5.04. The lowest BCUT2D eigenvalue weighted by Crippen LogP contribution is -2.20. The van der Waals surface area contributed by atoms with Crippen molar-refractivity contribution in [3.05, 3.63) is 52.1 Å². The van der Waals surface area contributed by atoms with Crippen LogP contribution in [-0.4, -0.2) is 47.1 Å². The molecule has 0 atom stereocenters. The molecule has 9 nitrogen and oxygen atoms in total. The van der Waals surface area contributed by atoms with Crippen molar-refractivity contribution in [2.24, 2.45) is 0 Å². The lowest BCUT2D eigenvalue weighted by molar-refractivity contribution is -0.118. The zero-order chi connectivity index (χ0) is 23.1. The number of hydrogen-bond donors (Lipinski definition) is 2. The van der Waals surface area contributed by atoms with E-state index in [1.54, 1.807) is 19.1 Å². The Morgan fingerprint density at radius 2 is 1.81 bits per heavy atom. The monoisotopic (exact) mass is 502 g/mol.